The van der Waals surface area contributed by atoms with Crippen LogP contribution in [0.1, 0.15) is 79.2 Å². The Kier molecular flexibility index (Phi) is 10.1. The highest BCUT2D eigenvalue weighted by Gasteiger charge is 2.52. The van der Waals surface area contributed by atoms with Gasteiger partial charge in [-0.2, -0.15) is 0 Å². The number of pyridine rings is 1. The monoisotopic (exact) mass is 690 g/mol. The number of carbonyl (C=O) groups excluding carboxylic acids is 2. The fourth-order valence-corrected chi connectivity index (χ4v) is 8.29. The number of amides is 2. The van der Waals surface area contributed by atoms with Gasteiger partial charge in [0.25, 0.3) is 11.5 Å². The average Bonchev–Trinajstić information content (AvgIpc) is 3.32. The maximum Gasteiger partial charge on any atom is 0.256 e. The van der Waals surface area contributed by atoms with Crippen LogP contribution in [0.5, 0.6) is 5.75 Å². The highest BCUT2D eigenvalue weighted by molar-refractivity contribution is 6.37. The molecule has 3 aliphatic heterocycles. The third-order valence-corrected chi connectivity index (χ3v) is 10.8. The Morgan fingerprint density at radius 3 is 2.45 bits per heavy atom. The van der Waals surface area contributed by atoms with E-state index in [1.165, 1.54) is 7.11 Å². The predicted molar refractivity (Wildman–Crippen MR) is 192 cm³/mol. The van der Waals surface area contributed by atoms with Crippen molar-refractivity contribution in [1.29, 1.82) is 0 Å². The number of nitrogens with one attached hydrogen (secondary N) is 2. The van der Waals surface area contributed by atoms with Gasteiger partial charge in [-0.3, -0.25) is 14.4 Å². The molecule has 2 N–H and O–H groups in total. The first-order valence-corrected chi connectivity index (χ1v) is 17.7. The molecule has 0 bridgehead atoms. The van der Waals surface area contributed by atoms with Crippen LogP contribution in [0.25, 0.3) is 11.1 Å². The molecule has 10 nitrogen and oxygen atoms in total. The number of ether oxygens (including phenoxy) is 3. The predicted octanol–water partition coefficient (Wildman–Crippen LogP) is 6.06. The fourth-order valence-electron chi connectivity index (χ4n) is 7.90. The standard InChI is InChI=1S/C38H47ClN4O6/c1-7-42(26-10-14-48-15-11-26)30-20-27(25-8-9-29-31(19-25)43(22(2)3)37(46)38(29)12-16-49-17-13-38)34(39)33(24(30)5)36(45)40-21-28-32(47-6)18-23(4)41-35(28)44/h8-9,18-20,22,26H,7,10-17,21H2,1-6H3,(H,40,45)(H,41,44). The summed E-state index contributed by atoms with van der Waals surface area (Å²) in [6.07, 6.45) is 3.04. The van der Waals surface area contributed by atoms with Crippen LogP contribution < -0.4 is 25.4 Å². The van der Waals surface area contributed by atoms with Gasteiger partial charge in [0, 0.05) is 67.7 Å². The van der Waals surface area contributed by atoms with Crippen LogP contribution >= 0.6 is 11.6 Å². The number of methoxy groups -OCH3 is 1. The number of benzene rings is 2. The van der Waals surface area contributed by atoms with Crippen molar-refractivity contribution in [2.75, 3.05) is 49.9 Å². The van der Waals surface area contributed by atoms with Gasteiger partial charge in [0.1, 0.15) is 5.75 Å². The van der Waals surface area contributed by atoms with Gasteiger partial charge in [-0.05, 0) is 95.2 Å². The molecule has 0 radical (unpaired) electrons. The van der Waals surface area contributed by atoms with Crippen LogP contribution in [-0.4, -0.2) is 69.0 Å². The van der Waals surface area contributed by atoms with Crippen LogP contribution in [0.2, 0.25) is 5.02 Å². The number of hydrogen-bond donors (Lipinski definition) is 2. The highest BCUT2D eigenvalue weighted by Crippen LogP contribution is 2.50. The lowest BCUT2D eigenvalue weighted by atomic mass is 9.75. The molecule has 2 saturated heterocycles. The second-order valence-corrected chi connectivity index (χ2v) is 14.0. The molecule has 4 heterocycles. The molecule has 2 amide bonds. The van der Waals surface area contributed by atoms with Crippen molar-refractivity contribution in [1.82, 2.24) is 10.3 Å². The number of H-pyrrole nitrogens is 1. The van der Waals surface area contributed by atoms with Gasteiger partial charge in [-0.1, -0.05) is 23.7 Å². The molecule has 0 unspecified atom stereocenters. The van der Waals surface area contributed by atoms with E-state index in [9.17, 15) is 14.4 Å². The van der Waals surface area contributed by atoms with E-state index in [4.69, 9.17) is 25.8 Å². The first-order chi connectivity index (χ1) is 23.5. The quantitative estimate of drug-likeness (QED) is 0.281. The van der Waals surface area contributed by atoms with E-state index >= 15 is 0 Å². The summed E-state index contributed by atoms with van der Waals surface area (Å²) < 4.78 is 16.8. The molecule has 1 spiro atoms. The van der Waals surface area contributed by atoms with Gasteiger partial charge >= 0.3 is 0 Å². The van der Waals surface area contributed by atoms with Crippen molar-refractivity contribution in [2.45, 2.75) is 84.3 Å². The minimum absolute atomic E-state index is 0.0412. The maximum absolute atomic E-state index is 14.2. The summed E-state index contributed by atoms with van der Waals surface area (Å²) in [5.74, 6) is 0.129. The molecule has 0 aliphatic carbocycles. The summed E-state index contributed by atoms with van der Waals surface area (Å²) in [4.78, 5) is 48.1. The number of rotatable bonds is 9. The molecular formula is C38H47ClN4O6. The Balaban J connectivity index is 1.47. The Morgan fingerprint density at radius 2 is 1.80 bits per heavy atom. The summed E-state index contributed by atoms with van der Waals surface area (Å²) >= 11 is 7.27. The van der Waals surface area contributed by atoms with Crippen LogP contribution in [0.15, 0.2) is 35.1 Å². The average molecular weight is 691 g/mol. The van der Waals surface area contributed by atoms with Crippen molar-refractivity contribution < 1.29 is 23.8 Å². The van der Waals surface area contributed by atoms with Crippen LogP contribution in [0.3, 0.4) is 0 Å². The van der Waals surface area contributed by atoms with Crippen LogP contribution in [0.4, 0.5) is 11.4 Å². The SMILES string of the molecule is CCN(c1cc(-c2ccc3c(c2)N(C(C)C)C(=O)C32CCOCC2)c(Cl)c(C(=O)NCc2c(OC)cc(C)[nH]c2=O)c1C)C1CCOCC1. The molecule has 3 aromatic rings. The molecule has 2 aromatic carbocycles. The molecule has 262 valence electrons. The molecule has 49 heavy (non-hydrogen) atoms. The van der Waals surface area contributed by atoms with Crippen molar-refractivity contribution in [2.24, 2.45) is 0 Å². The van der Waals surface area contributed by atoms with Crippen LogP contribution in [0, 0.1) is 13.8 Å². The molecule has 3 aliphatic rings. The van der Waals surface area contributed by atoms with E-state index < -0.39 is 11.3 Å². The van der Waals surface area contributed by atoms with Crippen molar-refractivity contribution >= 4 is 34.8 Å². The lowest BCUT2D eigenvalue weighted by Crippen LogP contribution is -2.46. The van der Waals surface area contributed by atoms with Gasteiger partial charge in [0.05, 0.1) is 35.2 Å². The molecule has 2 fully saturated rings. The van der Waals surface area contributed by atoms with Crippen molar-refractivity contribution in [3.05, 3.63) is 73.7 Å². The number of hydrogen-bond acceptors (Lipinski definition) is 7. The van der Waals surface area contributed by atoms with E-state index in [1.54, 1.807) is 13.0 Å². The Hall–Kier alpha value is -3.86. The molecule has 0 saturated carbocycles. The van der Waals surface area contributed by atoms with E-state index in [1.807, 2.05) is 31.7 Å². The maximum atomic E-state index is 14.2. The van der Waals surface area contributed by atoms with Gasteiger partial charge in [-0.15, -0.1) is 0 Å². The number of aryl methyl sites for hydroxylation is 1. The largest absolute Gasteiger partial charge is 0.496 e. The fraction of sp³-hybridized carbons (Fsp3) is 0.500. The highest BCUT2D eigenvalue weighted by atomic mass is 35.5. The molecule has 11 heteroatoms. The second-order valence-electron chi connectivity index (χ2n) is 13.6. The zero-order valence-electron chi connectivity index (χ0n) is 29.3. The summed E-state index contributed by atoms with van der Waals surface area (Å²) in [6, 6.07) is 10.2. The number of nitrogens with zero attached hydrogens (tertiary/aromatic N) is 2. The molecular weight excluding hydrogens is 644 g/mol. The smallest absolute Gasteiger partial charge is 0.256 e. The number of halogens is 1. The second kappa shape index (κ2) is 14.2. The van der Waals surface area contributed by atoms with E-state index in [-0.39, 0.29) is 30.1 Å². The van der Waals surface area contributed by atoms with Crippen molar-refractivity contribution in [3.63, 3.8) is 0 Å². The first kappa shape index (κ1) is 35.0. The van der Waals surface area contributed by atoms with Crippen LogP contribution in [-0.2, 0) is 26.2 Å². The molecule has 6 rings (SSSR count). The van der Waals surface area contributed by atoms with E-state index in [0.717, 1.165) is 47.5 Å². The van der Waals surface area contributed by atoms with E-state index in [2.05, 4.69) is 40.3 Å². The number of aromatic nitrogens is 1. The number of carbonyl (C=O) groups is 2. The van der Waals surface area contributed by atoms with Gasteiger partial charge in [-0.25, -0.2) is 0 Å². The molecule has 0 atom stereocenters. The first-order valence-electron chi connectivity index (χ1n) is 17.3. The zero-order chi connectivity index (χ0) is 35.0. The third-order valence-electron chi connectivity index (χ3n) is 10.5. The van der Waals surface area contributed by atoms with E-state index in [0.29, 0.717) is 72.4 Å². The summed E-state index contributed by atoms with van der Waals surface area (Å²) in [6.45, 7) is 13.0. The summed E-state index contributed by atoms with van der Waals surface area (Å²) in [7, 11) is 1.50. The summed E-state index contributed by atoms with van der Waals surface area (Å²) in [5, 5.41) is 3.27. The van der Waals surface area contributed by atoms with Gasteiger partial charge in [0.2, 0.25) is 5.91 Å². The lowest BCUT2D eigenvalue weighted by Gasteiger charge is -2.37. The minimum atomic E-state index is -0.597. The number of fused-ring (bicyclic) bond motifs is 2. The number of anilines is 2. The normalized spacial score (nSPS) is 17.5. The Morgan fingerprint density at radius 1 is 1.10 bits per heavy atom. The summed E-state index contributed by atoms with van der Waals surface area (Å²) in [5.41, 5.74) is 5.52. The third kappa shape index (κ3) is 6.23. The minimum Gasteiger partial charge on any atom is -0.496 e. The van der Waals surface area contributed by atoms with Gasteiger partial charge in [0.15, 0.2) is 0 Å². The van der Waals surface area contributed by atoms with Crippen molar-refractivity contribution in [3.8, 4) is 16.9 Å². The van der Waals surface area contributed by atoms with Gasteiger partial charge < -0.3 is 34.3 Å². The zero-order valence-corrected chi connectivity index (χ0v) is 30.1. The Labute approximate surface area is 293 Å². The Bertz CT molecular complexity index is 1810. The number of aromatic amines is 1. The molecule has 1 aromatic heterocycles. The lowest BCUT2D eigenvalue weighted by molar-refractivity contribution is -0.126. The topological polar surface area (TPSA) is 113 Å².